The van der Waals surface area contributed by atoms with Gasteiger partial charge in [-0.3, -0.25) is 4.90 Å². The Morgan fingerprint density at radius 2 is 2.14 bits per heavy atom. The maximum atomic E-state index is 5.91. The number of likely N-dealkylation sites (tertiary alicyclic amines) is 1. The number of benzene rings is 1. The molecule has 1 aromatic carbocycles. The summed E-state index contributed by atoms with van der Waals surface area (Å²) in [4.78, 5) is 6.91. The molecule has 2 aliphatic rings. The first-order valence-electron chi connectivity index (χ1n) is 7.84. The Morgan fingerprint density at radius 3 is 3.00 bits per heavy atom. The maximum absolute atomic E-state index is 5.91. The molecular weight excluding hydrogens is 262 g/mol. The van der Waals surface area contributed by atoms with Crippen molar-refractivity contribution in [3.8, 4) is 11.3 Å². The van der Waals surface area contributed by atoms with Crippen LogP contribution in [-0.4, -0.2) is 35.6 Å². The van der Waals surface area contributed by atoms with Gasteiger partial charge in [0.2, 0.25) is 5.89 Å². The van der Waals surface area contributed by atoms with E-state index < -0.39 is 0 Å². The summed E-state index contributed by atoms with van der Waals surface area (Å²) in [7, 11) is 0. The highest BCUT2D eigenvalue weighted by Crippen LogP contribution is 2.27. The van der Waals surface area contributed by atoms with E-state index in [1.807, 2.05) is 24.4 Å². The average molecular weight is 283 g/mol. The minimum atomic E-state index is 0.669. The number of oxazole rings is 1. The van der Waals surface area contributed by atoms with Crippen molar-refractivity contribution in [3.05, 3.63) is 42.4 Å². The second-order valence-corrected chi connectivity index (χ2v) is 6.14. The van der Waals surface area contributed by atoms with E-state index in [1.54, 1.807) is 0 Å². The molecular formula is C17H21N3O. The van der Waals surface area contributed by atoms with Crippen molar-refractivity contribution in [2.75, 3.05) is 19.6 Å². The number of fused-ring (bicyclic) bond motifs is 1. The Balaban J connectivity index is 1.43. The van der Waals surface area contributed by atoms with Crippen LogP contribution in [0.25, 0.3) is 11.3 Å². The summed E-state index contributed by atoms with van der Waals surface area (Å²) in [6, 6.07) is 10.8. The number of piperidine rings is 1. The first-order chi connectivity index (χ1) is 10.4. The van der Waals surface area contributed by atoms with Crippen LogP contribution in [-0.2, 0) is 6.54 Å². The number of nitrogens with zero attached hydrogens (tertiary/aromatic N) is 2. The van der Waals surface area contributed by atoms with Crippen LogP contribution in [0.5, 0.6) is 0 Å². The van der Waals surface area contributed by atoms with Gasteiger partial charge in [-0.05, 0) is 25.3 Å². The predicted molar refractivity (Wildman–Crippen MR) is 81.7 cm³/mol. The molecule has 3 heterocycles. The molecule has 2 aromatic rings. The molecule has 0 saturated carbocycles. The zero-order chi connectivity index (χ0) is 14.1. The van der Waals surface area contributed by atoms with Crippen LogP contribution < -0.4 is 5.32 Å². The van der Waals surface area contributed by atoms with Gasteiger partial charge in [0.15, 0.2) is 5.76 Å². The van der Waals surface area contributed by atoms with Gasteiger partial charge in [-0.15, -0.1) is 0 Å². The van der Waals surface area contributed by atoms with Crippen LogP contribution in [0.3, 0.4) is 0 Å². The predicted octanol–water partition coefficient (Wildman–Crippen LogP) is 2.53. The lowest BCUT2D eigenvalue weighted by molar-refractivity contribution is 0.280. The van der Waals surface area contributed by atoms with Crippen LogP contribution in [0.1, 0.15) is 18.7 Å². The summed E-state index contributed by atoms with van der Waals surface area (Å²) >= 11 is 0. The first-order valence-corrected chi connectivity index (χ1v) is 7.84. The van der Waals surface area contributed by atoms with Crippen molar-refractivity contribution < 1.29 is 4.42 Å². The second kappa shape index (κ2) is 5.62. The lowest BCUT2D eigenvalue weighted by Gasteiger charge is -2.24. The monoisotopic (exact) mass is 283 g/mol. The molecule has 21 heavy (non-hydrogen) atoms. The van der Waals surface area contributed by atoms with Crippen molar-refractivity contribution in [3.63, 3.8) is 0 Å². The maximum Gasteiger partial charge on any atom is 0.209 e. The van der Waals surface area contributed by atoms with E-state index in [9.17, 15) is 0 Å². The van der Waals surface area contributed by atoms with Gasteiger partial charge in [0.25, 0.3) is 0 Å². The van der Waals surface area contributed by atoms with E-state index in [0.29, 0.717) is 6.04 Å². The standard InChI is InChI=1S/C17H21N3O/c1-2-5-13(6-3-1)16-9-19-17(21-16)12-20-10-14-7-4-8-18-15(14)11-20/h1-3,5-6,9,14-15,18H,4,7-8,10-12H2. The molecule has 2 fully saturated rings. The molecule has 2 atom stereocenters. The third-order valence-electron chi connectivity index (χ3n) is 4.65. The van der Waals surface area contributed by atoms with Crippen molar-refractivity contribution in [1.82, 2.24) is 15.2 Å². The fraction of sp³-hybridized carbons (Fsp3) is 0.471. The number of rotatable bonds is 3. The van der Waals surface area contributed by atoms with Crippen molar-refractivity contribution in [2.45, 2.75) is 25.4 Å². The van der Waals surface area contributed by atoms with E-state index >= 15 is 0 Å². The third-order valence-corrected chi connectivity index (χ3v) is 4.65. The first kappa shape index (κ1) is 13.0. The van der Waals surface area contributed by atoms with E-state index in [4.69, 9.17) is 4.42 Å². The van der Waals surface area contributed by atoms with Crippen LogP contribution in [0.4, 0.5) is 0 Å². The van der Waals surface area contributed by atoms with Gasteiger partial charge in [0.1, 0.15) is 0 Å². The summed E-state index contributed by atoms with van der Waals surface area (Å²) < 4.78 is 5.91. The minimum Gasteiger partial charge on any atom is -0.439 e. The lowest BCUT2D eigenvalue weighted by atomic mass is 9.94. The van der Waals surface area contributed by atoms with Crippen LogP contribution in [0, 0.1) is 5.92 Å². The zero-order valence-corrected chi connectivity index (χ0v) is 12.2. The summed E-state index contributed by atoms with van der Waals surface area (Å²) in [5, 5.41) is 3.64. The molecule has 110 valence electrons. The molecule has 1 N–H and O–H groups in total. The molecule has 0 amide bonds. The van der Waals surface area contributed by atoms with E-state index in [1.165, 1.54) is 25.9 Å². The van der Waals surface area contributed by atoms with E-state index in [2.05, 4.69) is 27.3 Å². The number of nitrogens with one attached hydrogen (secondary N) is 1. The third kappa shape index (κ3) is 2.74. The molecule has 4 rings (SSSR count). The Bertz CT molecular complexity index is 581. The Hall–Kier alpha value is -1.65. The number of hydrogen-bond acceptors (Lipinski definition) is 4. The molecule has 2 aliphatic heterocycles. The quantitative estimate of drug-likeness (QED) is 0.940. The van der Waals surface area contributed by atoms with Crippen LogP contribution in [0.2, 0.25) is 0 Å². The van der Waals surface area contributed by atoms with Gasteiger partial charge in [0.05, 0.1) is 12.7 Å². The molecule has 2 saturated heterocycles. The van der Waals surface area contributed by atoms with Crippen LogP contribution in [0.15, 0.2) is 40.9 Å². The number of hydrogen-bond donors (Lipinski definition) is 1. The number of aromatic nitrogens is 1. The highest BCUT2D eigenvalue weighted by Gasteiger charge is 2.34. The van der Waals surface area contributed by atoms with Gasteiger partial charge < -0.3 is 9.73 Å². The second-order valence-electron chi connectivity index (χ2n) is 6.14. The minimum absolute atomic E-state index is 0.669. The molecule has 1 aromatic heterocycles. The summed E-state index contributed by atoms with van der Waals surface area (Å²) in [6.45, 7) is 4.28. The van der Waals surface area contributed by atoms with Crippen LogP contribution >= 0.6 is 0 Å². The molecule has 4 heteroatoms. The summed E-state index contributed by atoms with van der Waals surface area (Å²) in [6.07, 6.45) is 4.51. The highest BCUT2D eigenvalue weighted by molar-refractivity contribution is 5.55. The molecule has 0 aliphatic carbocycles. The van der Waals surface area contributed by atoms with Gasteiger partial charge in [0, 0.05) is 24.7 Å². The van der Waals surface area contributed by atoms with Gasteiger partial charge in [-0.25, -0.2) is 4.98 Å². The fourth-order valence-electron chi connectivity index (χ4n) is 3.58. The largest absolute Gasteiger partial charge is 0.439 e. The van der Waals surface area contributed by atoms with Gasteiger partial charge >= 0.3 is 0 Å². The Morgan fingerprint density at radius 1 is 1.24 bits per heavy atom. The zero-order valence-electron chi connectivity index (χ0n) is 12.2. The lowest BCUT2D eigenvalue weighted by Crippen LogP contribution is -2.40. The van der Waals surface area contributed by atoms with E-state index in [0.717, 1.165) is 36.2 Å². The fourth-order valence-corrected chi connectivity index (χ4v) is 3.58. The van der Waals surface area contributed by atoms with Gasteiger partial charge in [-0.1, -0.05) is 30.3 Å². The van der Waals surface area contributed by atoms with Crippen molar-refractivity contribution in [1.29, 1.82) is 0 Å². The topological polar surface area (TPSA) is 41.3 Å². The van der Waals surface area contributed by atoms with E-state index in [-0.39, 0.29) is 0 Å². The molecule has 0 bridgehead atoms. The molecule has 0 spiro atoms. The summed E-state index contributed by atoms with van der Waals surface area (Å²) in [5.41, 5.74) is 1.09. The van der Waals surface area contributed by atoms with Crippen molar-refractivity contribution in [2.24, 2.45) is 5.92 Å². The average Bonchev–Trinajstić information content (AvgIpc) is 3.14. The SMILES string of the molecule is c1ccc(-c2cnc(CN3CC4CCCNC4C3)o2)cc1. The highest BCUT2D eigenvalue weighted by atomic mass is 16.4. The smallest absolute Gasteiger partial charge is 0.209 e. The molecule has 0 radical (unpaired) electrons. The Labute approximate surface area is 125 Å². The molecule has 2 unspecified atom stereocenters. The normalized spacial score (nSPS) is 25.9. The van der Waals surface area contributed by atoms with Gasteiger partial charge in [-0.2, -0.15) is 0 Å². The summed E-state index contributed by atoms with van der Waals surface area (Å²) in [5.74, 6) is 2.50. The van der Waals surface area contributed by atoms with Crippen molar-refractivity contribution >= 4 is 0 Å². The molecule has 4 nitrogen and oxygen atoms in total. The Kier molecular flexibility index (Phi) is 3.49.